The summed E-state index contributed by atoms with van der Waals surface area (Å²) in [5.41, 5.74) is 3.83. The van der Waals surface area contributed by atoms with Gasteiger partial charge in [-0.05, 0) is 61.7 Å². The molecule has 194 valence electrons. The molecule has 2 fully saturated rings. The van der Waals surface area contributed by atoms with Gasteiger partial charge in [-0.25, -0.2) is 4.39 Å². The number of piperidine rings is 1. The van der Waals surface area contributed by atoms with Crippen LogP contribution in [0.2, 0.25) is 0 Å². The normalized spacial score (nSPS) is 18.6. The van der Waals surface area contributed by atoms with E-state index in [0.29, 0.717) is 18.2 Å². The van der Waals surface area contributed by atoms with Gasteiger partial charge in [-0.3, -0.25) is 9.69 Å². The molecule has 0 radical (unpaired) electrons. The van der Waals surface area contributed by atoms with Crippen LogP contribution in [0.4, 0.5) is 10.1 Å². The molecule has 37 heavy (non-hydrogen) atoms. The fourth-order valence-corrected chi connectivity index (χ4v) is 5.33. The molecule has 3 aromatic rings. The molecule has 6 heteroatoms. The van der Waals surface area contributed by atoms with Crippen molar-refractivity contribution in [3.8, 4) is 5.75 Å². The Labute approximate surface area is 219 Å². The second-order valence-corrected chi connectivity index (χ2v) is 10.3. The van der Waals surface area contributed by atoms with Crippen molar-refractivity contribution in [3.05, 3.63) is 95.3 Å². The number of ether oxygens (including phenoxy) is 1. The van der Waals surface area contributed by atoms with Crippen molar-refractivity contribution in [2.24, 2.45) is 5.92 Å². The van der Waals surface area contributed by atoms with Crippen LogP contribution in [0.1, 0.15) is 34.3 Å². The van der Waals surface area contributed by atoms with Gasteiger partial charge >= 0.3 is 0 Å². The predicted molar refractivity (Wildman–Crippen MR) is 146 cm³/mol. The van der Waals surface area contributed by atoms with Crippen LogP contribution in [-0.4, -0.2) is 61.6 Å². The number of carbonyl (C=O) groups excluding carboxylic acids is 1. The average Bonchev–Trinajstić information content (AvgIpc) is 2.93. The topological polar surface area (TPSA) is 36.0 Å². The van der Waals surface area contributed by atoms with Crippen LogP contribution < -0.4 is 9.64 Å². The van der Waals surface area contributed by atoms with Crippen LogP contribution in [0.15, 0.2) is 72.8 Å². The molecular formula is C31H36FN3O2. The Balaban J connectivity index is 1.10. The van der Waals surface area contributed by atoms with Crippen molar-refractivity contribution in [2.75, 3.05) is 50.8 Å². The zero-order valence-corrected chi connectivity index (χ0v) is 21.6. The summed E-state index contributed by atoms with van der Waals surface area (Å²) in [6.07, 6.45) is 2.08. The number of para-hydroxylation sites is 1. The molecule has 0 N–H and O–H groups in total. The Morgan fingerprint density at radius 3 is 2.51 bits per heavy atom. The predicted octanol–water partition coefficient (Wildman–Crippen LogP) is 5.39. The van der Waals surface area contributed by atoms with E-state index in [1.54, 1.807) is 6.07 Å². The summed E-state index contributed by atoms with van der Waals surface area (Å²) in [6, 6.07) is 23.2. The SMILES string of the molecule is Cc1ccc(C(=O)N2CCCC(COc3cccc(CN4CCN(c5ccccc5F)CC4)c3)C2)cc1. The molecule has 0 saturated carbocycles. The lowest BCUT2D eigenvalue weighted by Gasteiger charge is -2.36. The van der Waals surface area contributed by atoms with Gasteiger partial charge in [0.25, 0.3) is 5.91 Å². The molecule has 1 unspecified atom stereocenters. The van der Waals surface area contributed by atoms with E-state index in [9.17, 15) is 9.18 Å². The maximum atomic E-state index is 14.1. The first kappa shape index (κ1) is 25.3. The number of anilines is 1. The van der Waals surface area contributed by atoms with Gasteiger partial charge < -0.3 is 14.5 Å². The van der Waals surface area contributed by atoms with E-state index in [4.69, 9.17) is 4.74 Å². The van der Waals surface area contributed by atoms with Gasteiger partial charge in [0.2, 0.25) is 0 Å². The summed E-state index contributed by atoms with van der Waals surface area (Å²) in [6.45, 7) is 8.46. The van der Waals surface area contributed by atoms with Crippen LogP contribution in [-0.2, 0) is 6.54 Å². The summed E-state index contributed by atoms with van der Waals surface area (Å²) in [5.74, 6) is 1.17. The zero-order chi connectivity index (χ0) is 25.6. The lowest BCUT2D eigenvalue weighted by atomic mass is 9.98. The highest BCUT2D eigenvalue weighted by molar-refractivity contribution is 5.94. The van der Waals surface area contributed by atoms with Crippen LogP contribution >= 0.6 is 0 Å². The minimum atomic E-state index is -0.151. The van der Waals surface area contributed by atoms with Crippen molar-refractivity contribution in [1.29, 1.82) is 0 Å². The summed E-state index contributed by atoms with van der Waals surface area (Å²) in [4.78, 5) is 19.4. The van der Waals surface area contributed by atoms with Gasteiger partial charge in [-0.2, -0.15) is 0 Å². The van der Waals surface area contributed by atoms with E-state index in [0.717, 1.165) is 75.5 Å². The number of nitrogens with zero attached hydrogens (tertiary/aromatic N) is 3. The van der Waals surface area contributed by atoms with Crippen molar-refractivity contribution >= 4 is 11.6 Å². The Morgan fingerprint density at radius 2 is 1.73 bits per heavy atom. The third-order valence-corrected chi connectivity index (χ3v) is 7.46. The minimum Gasteiger partial charge on any atom is -0.493 e. The number of carbonyl (C=O) groups is 1. The van der Waals surface area contributed by atoms with Crippen molar-refractivity contribution < 1.29 is 13.9 Å². The maximum absolute atomic E-state index is 14.1. The molecule has 2 saturated heterocycles. The summed E-state index contributed by atoms with van der Waals surface area (Å²) in [5, 5.41) is 0. The zero-order valence-electron chi connectivity index (χ0n) is 21.6. The van der Waals surface area contributed by atoms with Gasteiger partial charge in [0.05, 0.1) is 12.3 Å². The van der Waals surface area contributed by atoms with Gasteiger partial charge in [-0.15, -0.1) is 0 Å². The molecule has 0 spiro atoms. The van der Waals surface area contributed by atoms with E-state index >= 15 is 0 Å². The Bertz CT molecular complexity index is 1190. The number of amides is 1. The molecule has 2 aliphatic rings. The molecule has 0 aliphatic carbocycles. The number of hydrogen-bond acceptors (Lipinski definition) is 4. The van der Waals surface area contributed by atoms with E-state index < -0.39 is 0 Å². The first-order chi connectivity index (χ1) is 18.0. The van der Waals surface area contributed by atoms with E-state index in [-0.39, 0.29) is 11.7 Å². The van der Waals surface area contributed by atoms with Gasteiger partial charge in [0.15, 0.2) is 0 Å². The van der Waals surface area contributed by atoms with Gasteiger partial charge in [0, 0.05) is 57.3 Å². The number of rotatable bonds is 7. The third-order valence-electron chi connectivity index (χ3n) is 7.46. The Kier molecular flexibility index (Phi) is 8.05. The highest BCUT2D eigenvalue weighted by Crippen LogP contribution is 2.23. The van der Waals surface area contributed by atoms with Crippen LogP contribution in [0.25, 0.3) is 0 Å². The monoisotopic (exact) mass is 501 g/mol. The molecule has 2 aliphatic heterocycles. The first-order valence-corrected chi connectivity index (χ1v) is 13.3. The van der Waals surface area contributed by atoms with E-state index in [2.05, 4.69) is 21.9 Å². The molecule has 5 nitrogen and oxygen atoms in total. The summed E-state index contributed by atoms with van der Waals surface area (Å²) in [7, 11) is 0. The molecule has 0 aromatic heterocycles. The van der Waals surface area contributed by atoms with Crippen LogP contribution in [0.5, 0.6) is 5.75 Å². The van der Waals surface area contributed by atoms with Crippen LogP contribution in [0.3, 0.4) is 0 Å². The van der Waals surface area contributed by atoms with Crippen molar-refractivity contribution in [1.82, 2.24) is 9.80 Å². The number of hydrogen-bond donors (Lipinski definition) is 0. The number of likely N-dealkylation sites (tertiary alicyclic amines) is 1. The van der Waals surface area contributed by atoms with Gasteiger partial charge in [-0.1, -0.05) is 42.0 Å². The Morgan fingerprint density at radius 1 is 0.946 bits per heavy atom. The molecule has 3 aromatic carbocycles. The standard InChI is InChI=1S/C31H36FN3O2/c1-24-11-13-27(14-12-24)31(36)35-15-5-7-26(22-35)23-37-28-8-4-6-25(20-28)21-33-16-18-34(19-17-33)30-10-3-2-9-29(30)32/h2-4,6,8-14,20,26H,5,7,15-19,21-23H2,1H3. The number of piperazine rings is 1. The van der Waals surface area contributed by atoms with Crippen molar-refractivity contribution in [2.45, 2.75) is 26.3 Å². The molecular weight excluding hydrogens is 465 g/mol. The quantitative estimate of drug-likeness (QED) is 0.435. The van der Waals surface area contributed by atoms with E-state index in [1.165, 1.54) is 11.6 Å². The molecule has 1 amide bonds. The fourth-order valence-electron chi connectivity index (χ4n) is 5.33. The highest BCUT2D eigenvalue weighted by atomic mass is 19.1. The second-order valence-electron chi connectivity index (χ2n) is 10.3. The van der Waals surface area contributed by atoms with Crippen LogP contribution in [0, 0.1) is 18.7 Å². The minimum absolute atomic E-state index is 0.113. The molecule has 0 bridgehead atoms. The highest BCUT2D eigenvalue weighted by Gasteiger charge is 2.25. The average molecular weight is 502 g/mol. The number of halogens is 1. The summed E-state index contributed by atoms with van der Waals surface area (Å²) < 4.78 is 20.3. The molecule has 1 atom stereocenters. The number of aryl methyl sites for hydroxylation is 1. The largest absolute Gasteiger partial charge is 0.493 e. The molecule has 2 heterocycles. The smallest absolute Gasteiger partial charge is 0.253 e. The van der Waals surface area contributed by atoms with E-state index in [1.807, 2.05) is 60.4 Å². The van der Waals surface area contributed by atoms with Crippen molar-refractivity contribution in [3.63, 3.8) is 0 Å². The third kappa shape index (κ3) is 6.50. The fraction of sp³-hybridized carbons (Fsp3) is 0.387. The maximum Gasteiger partial charge on any atom is 0.253 e. The lowest BCUT2D eigenvalue weighted by Crippen LogP contribution is -2.46. The Hall–Kier alpha value is -3.38. The first-order valence-electron chi connectivity index (χ1n) is 13.3. The molecule has 5 rings (SSSR count). The lowest BCUT2D eigenvalue weighted by molar-refractivity contribution is 0.0633. The van der Waals surface area contributed by atoms with Gasteiger partial charge in [0.1, 0.15) is 11.6 Å². The summed E-state index contributed by atoms with van der Waals surface area (Å²) >= 11 is 0. The number of benzene rings is 3. The second kappa shape index (κ2) is 11.8.